The molecular formula is C10H14F5NO3. The zero-order valence-electron chi connectivity index (χ0n) is 10.3. The van der Waals surface area contributed by atoms with E-state index in [4.69, 9.17) is 5.11 Å². The van der Waals surface area contributed by atoms with E-state index in [9.17, 15) is 31.5 Å². The van der Waals surface area contributed by atoms with Gasteiger partial charge in [0.2, 0.25) is 0 Å². The van der Waals surface area contributed by atoms with Crippen LogP contribution in [0.3, 0.4) is 0 Å². The van der Waals surface area contributed by atoms with Crippen molar-refractivity contribution in [2.24, 2.45) is 0 Å². The van der Waals surface area contributed by atoms with Crippen LogP contribution in [-0.2, 0) is 9.59 Å². The minimum absolute atomic E-state index is 0.201. The second-order valence-electron chi connectivity index (χ2n) is 4.16. The van der Waals surface area contributed by atoms with Crippen LogP contribution in [0.25, 0.3) is 0 Å². The van der Waals surface area contributed by atoms with E-state index >= 15 is 0 Å². The Hall–Kier alpha value is -1.41. The number of aliphatic carboxylic acids is 1. The van der Waals surface area contributed by atoms with Crippen LogP contribution in [0.4, 0.5) is 22.0 Å². The molecule has 0 fully saturated rings. The van der Waals surface area contributed by atoms with Crippen LogP contribution in [0.1, 0.15) is 26.7 Å². The lowest BCUT2D eigenvalue weighted by Gasteiger charge is -2.30. The van der Waals surface area contributed by atoms with Gasteiger partial charge in [0.05, 0.1) is 0 Å². The van der Waals surface area contributed by atoms with Crippen LogP contribution in [0, 0.1) is 0 Å². The van der Waals surface area contributed by atoms with Gasteiger partial charge in [-0.05, 0) is 20.3 Å². The number of hydrogen-bond acceptors (Lipinski definition) is 2. The van der Waals surface area contributed by atoms with Crippen molar-refractivity contribution in [1.82, 2.24) is 4.90 Å². The van der Waals surface area contributed by atoms with Gasteiger partial charge in [-0.2, -0.15) is 22.0 Å². The van der Waals surface area contributed by atoms with Crippen molar-refractivity contribution in [3.05, 3.63) is 0 Å². The Kier molecular flexibility index (Phi) is 5.70. The summed E-state index contributed by atoms with van der Waals surface area (Å²) in [6.45, 7) is 2.06. The molecule has 0 radical (unpaired) electrons. The topological polar surface area (TPSA) is 57.6 Å². The molecular weight excluding hydrogens is 277 g/mol. The third-order valence-corrected chi connectivity index (χ3v) is 2.30. The zero-order chi connectivity index (χ0) is 15.4. The van der Waals surface area contributed by atoms with E-state index in [1.165, 1.54) is 13.8 Å². The first-order chi connectivity index (χ1) is 8.41. The molecule has 1 amide bonds. The largest absolute Gasteiger partial charge is 0.481 e. The van der Waals surface area contributed by atoms with Crippen molar-refractivity contribution >= 4 is 11.9 Å². The number of carbonyl (C=O) groups is 2. The summed E-state index contributed by atoms with van der Waals surface area (Å²) < 4.78 is 62.0. The van der Waals surface area contributed by atoms with Gasteiger partial charge in [0.15, 0.2) is 0 Å². The van der Waals surface area contributed by atoms with Gasteiger partial charge in [-0.25, -0.2) is 0 Å². The number of carboxylic acid groups (broad SMARTS) is 1. The SMILES string of the molecule is CC(C)N(CCCC(=O)O)C(=O)C(F)(F)C(F)(F)F. The van der Waals surface area contributed by atoms with E-state index < -0.39 is 43.0 Å². The average molecular weight is 291 g/mol. The Morgan fingerprint density at radius 1 is 1.16 bits per heavy atom. The second-order valence-corrected chi connectivity index (χ2v) is 4.16. The van der Waals surface area contributed by atoms with Gasteiger partial charge in [-0.15, -0.1) is 0 Å². The fourth-order valence-electron chi connectivity index (χ4n) is 1.30. The van der Waals surface area contributed by atoms with Gasteiger partial charge in [0.25, 0.3) is 0 Å². The summed E-state index contributed by atoms with van der Waals surface area (Å²) in [5.41, 5.74) is 0. The molecule has 19 heavy (non-hydrogen) atoms. The van der Waals surface area contributed by atoms with Gasteiger partial charge in [-0.3, -0.25) is 9.59 Å². The molecule has 0 unspecified atom stereocenters. The molecule has 0 aliphatic carbocycles. The van der Waals surface area contributed by atoms with Gasteiger partial charge < -0.3 is 10.0 Å². The highest BCUT2D eigenvalue weighted by Crippen LogP contribution is 2.37. The first-order valence-electron chi connectivity index (χ1n) is 5.38. The molecule has 4 nitrogen and oxygen atoms in total. The summed E-state index contributed by atoms with van der Waals surface area (Å²) in [4.78, 5) is 21.8. The Balaban J connectivity index is 4.90. The van der Waals surface area contributed by atoms with Crippen LogP contribution in [0.15, 0.2) is 0 Å². The predicted molar refractivity (Wildman–Crippen MR) is 54.7 cm³/mol. The minimum atomic E-state index is -5.97. The first kappa shape index (κ1) is 17.6. The highest BCUT2D eigenvalue weighted by Gasteiger charge is 2.64. The third kappa shape index (κ3) is 4.64. The Bertz CT molecular complexity index is 341. The van der Waals surface area contributed by atoms with Gasteiger partial charge in [0.1, 0.15) is 0 Å². The Morgan fingerprint density at radius 2 is 1.63 bits per heavy atom. The van der Waals surface area contributed by atoms with Crippen LogP contribution in [0.5, 0.6) is 0 Å². The van der Waals surface area contributed by atoms with Crippen molar-refractivity contribution in [3.8, 4) is 0 Å². The minimum Gasteiger partial charge on any atom is -0.481 e. The van der Waals surface area contributed by atoms with Gasteiger partial charge in [0, 0.05) is 19.0 Å². The molecule has 0 aliphatic heterocycles. The maximum absolute atomic E-state index is 12.9. The zero-order valence-corrected chi connectivity index (χ0v) is 10.3. The smallest absolute Gasteiger partial charge is 0.463 e. The molecule has 1 N–H and O–H groups in total. The average Bonchev–Trinajstić information content (AvgIpc) is 2.20. The predicted octanol–water partition coefficient (Wildman–Crippen LogP) is 2.29. The normalized spacial score (nSPS) is 12.6. The molecule has 0 saturated carbocycles. The number of carbonyl (C=O) groups excluding carboxylic acids is 1. The number of alkyl halides is 5. The van der Waals surface area contributed by atoms with Crippen molar-refractivity contribution in [2.75, 3.05) is 6.54 Å². The number of hydrogen-bond donors (Lipinski definition) is 1. The Morgan fingerprint density at radius 3 is 1.95 bits per heavy atom. The molecule has 0 aromatic carbocycles. The molecule has 0 saturated heterocycles. The number of amides is 1. The highest BCUT2D eigenvalue weighted by molar-refractivity contribution is 5.84. The van der Waals surface area contributed by atoms with Gasteiger partial charge in [-0.1, -0.05) is 0 Å². The number of carboxylic acids is 1. The summed E-state index contributed by atoms with van der Waals surface area (Å²) in [6.07, 6.45) is -6.59. The lowest BCUT2D eigenvalue weighted by molar-refractivity contribution is -0.275. The maximum Gasteiger partial charge on any atom is 0.463 e. The lowest BCUT2D eigenvalue weighted by Crippen LogP contribution is -2.54. The monoisotopic (exact) mass is 291 g/mol. The quantitative estimate of drug-likeness (QED) is 0.764. The molecule has 0 bridgehead atoms. The van der Waals surface area contributed by atoms with Crippen molar-refractivity contribution in [1.29, 1.82) is 0 Å². The Labute approximate surface area is 106 Å². The fourth-order valence-corrected chi connectivity index (χ4v) is 1.30. The molecule has 0 aliphatic rings. The highest BCUT2D eigenvalue weighted by atomic mass is 19.4. The summed E-state index contributed by atoms with van der Waals surface area (Å²) in [7, 11) is 0. The van der Waals surface area contributed by atoms with E-state index in [2.05, 4.69) is 0 Å². The summed E-state index contributed by atoms with van der Waals surface area (Å²) in [6, 6.07) is -0.894. The molecule has 0 heterocycles. The second kappa shape index (κ2) is 6.16. The molecule has 9 heteroatoms. The van der Waals surface area contributed by atoms with Crippen LogP contribution in [0.2, 0.25) is 0 Å². The number of rotatable bonds is 6. The van der Waals surface area contributed by atoms with Crippen LogP contribution in [-0.4, -0.2) is 46.6 Å². The molecule has 0 spiro atoms. The van der Waals surface area contributed by atoms with E-state index in [0.29, 0.717) is 4.90 Å². The standard InChI is InChI=1S/C10H14F5NO3/c1-6(2)16(5-3-4-7(17)18)8(19)9(11,12)10(13,14)15/h6H,3-5H2,1-2H3,(H,17,18). The third-order valence-electron chi connectivity index (χ3n) is 2.30. The molecule has 0 atom stereocenters. The van der Waals surface area contributed by atoms with Crippen LogP contribution >= 0.6 is 0 Å². The maximum atomic E-state index is 12.9. The van der Waals surface area contributed by atoms with E-state index in [0.717, 1.165) is 0 Å². The molecule has 112 valence electrons. The lowest BCUT2D eigenvalue weighted by atomic mass is 10.2. The summed E-state index contributed by atoms with van der Waals surface area (Å²) >= 11 is 0. The molecule has 0 aromatic rings. The van der Waals surface area contributed by atoms with Crippen molar-refractivity contribution in [3.63, 3.8) is 0 Å². The molecule has 0 aromatic heterocycles. The number of halogens is 5. The number of nitrogens with zero attached hydrogens (tertiary/aromatic N) is 1. The van der Waals surface area contributed by atoms with Crippen molar-refractivity contribution in [2.45, 2.75) is 44.8 Å². The first-order valence-corrected chi connectivity index (χ1v) is 5.38. The van der Waals surface area contributed by atoms with Gasteiger partial charge >= 0.3 is 24.0 Å². The van der Waals surface area contributed by atoms with E-state index in [1.807, 2.05) is 0 Å². The van der Waals surface area contributed by atoms with E-state index in [1.54, 1.807) is 0 Å². The summed E-state index contributed by atoms with van der Waals surface area (Å²) in [5, 5.41) is 8.36. The molecule has 0 rings (SSSR count). The van der Waals surface area contributed by atoms with Crippen molar-refractivity contribution < 1.29 is 36.6 Å². The van der Waals surface area contributed by atoms with Crippen LogP contribution < -0.4 is 0 Å². The summed E-state index contributed by atoms with van der Waals surface area (Å²) in [5.74, 6) is -9.06. The fraction of sp³-hybridized carbons (Fsp3) is 0.800. The van der Waals surface area contributed by atoms with E-state index in [-0.39, 0.29) is 6.42 Å².